The van der Waals surface area contributed by atoms with E-state index >= 15 is 0 Å². The van der Waals surface area contributed by atoms with Gasteiger partial charge in [-0.1, -0.05) is 12.1 Å². The van der Waals surface area contributed by atoms with Crippen LogP contribution in [0.5, 0.6) is 17.2 Å². The number of hydrogen-bond donors (Lipinski definition) is 1. The van der Waals surface area contributed by atoms with Gasteiger partial charge in [0.2, 0.25) is 5.75 Å². The lowest BCUT2D eigenvalue weighted by Crippen LogP contribution is -2.00. The minimum absolute atomic E-state index is 0.00480. The molecule has 2 aromatic carbocycles. The van der Waals surface area contributed by atoms with Gasteiger partial charge in [0, 0.05) is 12.1 Å². The van der Waals surface area contributed by atoms with Gasteiger partial charge in [0.25, 0.3) is 0 Å². The van der Waals surface area contributed by atoms with Crippen LogP contribution in [-0.4, -0.2) is 23.1 Å². The normalized spacial score (nSPS) is 9.95. The Labute approximate surface area is 119 Å². The summed E-state index contributed by atoms with van der Waals surface area (Å²) in [6.45, 7) is 0. The summed E-state index contributed by atoms with van der Waals surface area (Å²) in [6, 6.07) is 10.0. The molecule has 0 aliphatic carbocycles. The van der Waals surface area contributed by atoms with Crippen LogP contribution in [0.15, 0.2) is 42.5 Å². The maximum absolute atomic E-state index is 11.1. The number of nitrogens with zero attached hydrogens (tertiary/aromatic N) is 1. The summed E-state index contributed by atoms with van der Waals surface area (Å²) >= 11 is 0. The number of carboxylic acids is 1. The number of aromatic carboxylic acids is 1. The van der Waals surface area contributed by atoms with Gasteiger partial charge < -0.3 is 14.6 Å². The highest BCUT2D eigenvalue weighted by Crippen LogP contribution is 2.33. The number of para-hydroxylation sites is 1. The Morgan fingerprint density at radius 3 is 2.52 bits per heavy atom. The Morgan fingerprint density at radius 1 is 1.19 bits per heavy atom. The number of ether oxygens (including phenoxy) is 2. The standard InChI is InChI=1S/C14H11NO6/c1-20-13-8-9(6-7-11(13)15(18)19)21-12-5-3-2-4-10(12)14(16)17/h2-8H,1H3,(H,16,17). The first-order chi connectivity index (χ1) is 10.0. The summed E-state index contributed by atoms with van der Waals surface area (Å²) in [5.74, 6) is -0.711. The van der Waals surface area contributed by atoms with Gasteiger partial charge in [-0.15, -0.1) is 0 Å². The van der Waals surface area contributed by atoms with Crippen LogP contribution in [0.4, 0.5) is 5.69 Å². The van der Waals surface area contributed by atoms with Crippen molar-refractivity contribution in [2.24, 2.45) is 0 Å². The van der Waals surface area contributed by atoms with E-state index in [9.17, 15) is 14.9 Å². The third-order valence-electron chi connectivity index (χ3n) is 2.69. The number of rotatable bonds is 5. The van der Waals surface area contributed by atoms with Crippen molar-refractivity contribution >= 4 is 11.7 Å². The molecule has 7 heteroatoms. The third kappa shape index (κ3) is 3.08. The van der Waals surface area contributed by atoms with E-state index in [4.69, 9.17) is 14.6 Å². The van der Waals surface area contributed by atoms with Crippen molar-refractivity contribution in [1.29, 1.82) is 0 Å². The lowest BCUT2D eigenvalue weighted by atomic mass is 10.2. The molecule has 0 aliphatic rings. The van der Waals surface area contributed by atoms with Crippen LogP contribution in [0.25, 0.3) is 0 Å². The van der Waals surface area contributed by atoms with Crippen LogP contribution in [0.2, 0.25) is 0 Å². The first kappa shape index (κ1) is 14.3. The first-order valence-corrected chi connectivity index (χ1v) is 5.85. The Morgan fingerprint density at radius 2 is 1.90 bits per heavy atom. The number of nitro groups is 1. The van der Waals surface area contributed by atoms with Gasteiger partial charge in [-0.3, -0.25) is 10.1 Å². The minimum atomic E-state index is -1.13. The summed E-state index contributed by atoms with van der Waals surface area (Å²) in [5, 5.41) is 19.9. The molecule has 0 atom stereocenters. The quantitative estimate of drug-likeness (QED) is 0.670. The van der Waals surface area contributed by atoms with Crippen LogP contribution in [0, 0.1) is 10.1 Å². The molecule has 21 heavy (non-hydrogen) atoms. The average Bonchev–Trinajstić information content (AvgIpc) is 2.47. The fraction of sp³-hybridized carbons (Fsp3) is 0.0714. The van der Waals surface area contributed by atoms with Crippen molar-refractivity contribution in [2.75, 3.05) is 7.11 Å². The van der Waals surface area contributed by atoms with E-state index < -0.39 is 10.9 Å². The highest BCUT2D eigenvalue weighted by molar-refractivity contribution is 5.90. The maximum Gasteiger partial charge on any atom is 0.339 e. The molecule has 1 N–H and O–H groups in total. The van der Waals surface area contributed by atoms with E-state index in [0.717, 1.165) is 0 Å². The SMILES string of the molecule is COc1cc(Oc2ccccc2C(=O)O)ccc1[N+](=O)[O-]. The van der Waals surface area contributed by atoms with Crippen molar-refractivity contribution in [3.8, 4) is 17.2 Å². The lowest BCUT2D eigenvalue weighted by molar-refractivity contribution is -0.385. The van der Waals surface area contributed by atoms with Crippen molar-refractivity contribution in [2.45, 2.75) is 0 Å². The number of benzene rings is 2. The second-order valence-corrected chi connectivity index (χ2v) is 3.99. The van der Waals surface area contributed by atoms with Crippen molar-refractivity contribution in [3.63, 3.8) is 0 Å². The van der Waals surface area contributed by atoms with Gasteiger partial charge in [-0.2, -0.15) is 0 Å². The fourth-order valence-corrected chi connectivity index (χ4v) is 1.73. The van der Waals surface area contributed by atoms with Crippen LogP contribution < -0.4 is 9.47 Å². The van der Waals surface area contributed by atoms with E-state index in [0.29, 0.717) is 0 Å². The monoisotopic (exact) mass is 289 g/mol. The number of hydrogen-bond acceptors (Lipinski definition) is 5. The molecule has 0 bridgehead atoms. The molecule has 0 heterocycles. The molecule has 7 nitrogen and oxygen atoms in total. The van der Waals surface area contributed by atoms with Gasteiger partial charge in [0.15, 0.2) is 0 Å². The molecule has 108 valence electrons. The summed E-state index contributed by atoms with van der Waals surface area (Å²) < 4.78 is 10.4. The van der Waals surface area contributed by atoms with Gasteiger partial charge in [-0.05, 0) is 18.2 Å². The van der Waals surface area contributed by atoms with Gasteiger partial charge in [-0.25, -0.2) is 4.79 Å². The molecule has 0 amide bonds. The largest absolute Gasteiger partial charge is 0.490 e. The Hall–Kier alpha value is -3.09. The smallest absolute Gasteiger partial charge is 0.339 e. The Kier molecular flexibility index (Phi) is 4.03. The Balaban J connectivity index is 2.37. The van der Waals surface area contributed by atoms with Crippen molar-refractivity contribution in [1.82, 2.24) is 0 Å². The molecule has 0 aliphatic heterocycles. The van der Waals surface area contributed by atoms with E-state index in [1.54, 1.807) is 12.1 Å². The molecule has 0 aromatic heterocycles. The molecule has 0 saturated carbocycles. The Bertz CT molecular complexity index is 698. The van der Waals surface area contributed by atoms with Crippen LogP contribution in [-0.2, 0) is 0 Å². The zero-order chi connectivity index (χ0) is 15.4. The molecule has 0 radical (unpaired) electrons. The van der Waals surface area contributed by atoms with E-state index in [1.807, 2.05) is 0 Å². The highest BCUT2D eigenvalue weighted by Gasteiger charge is 2.17. The minimum Gasteiger partial charge on any atom is -0.490 e. The topological polar surface area (TPSA) is 98.9 Å². The van der Waals surface area contributed by atoms with Crippen LogP contribution >= 0.6 is 0 Å². The summed E-state index contributed by atoms with van der Waals surface area (Å²) in [5.41, 5.74) is -0.203. The van der Waals surface area contributed by atoms with E-state index in [-0.39, 0.29) is 28.5 Å². The van der Waals surface area contributed by atoms with E-state index in [2.05, 4.69) is 0 Å². The van der Waals surface area contributed by atoms with Crippen LogP contribution in [0.3, 0.4) is 0 Å². The second-order valence-electron chi connectivity index (χ2n) is 3.99. The third-order valence-corrected chi connectivity index (χ3v) is 2.69. The van der Waals surface area contributed by atoms with Crippen molar-refractivity contribution < 1.29 is 24.3 Å². The van der Waals surface area contributed by atoms with E-state index in [1.165, 1.54) is 37.4 Å². The van der Waals surface area contributed by atoms with Crippen LogP contribution in [0.1, 0.15) is 10.4 Å². The zero-order valence-electron chi connectivity index (χ0n) is 11.0. The lowest BCUT2D eigenvalue weighted by Gasteiger charge is -2.09. The molecule has 2 rings (SSSR count). The molecular weight excluding hydrogens is 278 g/mol. The molecule has 2 aromatic rings. The number of nitro benzene ring substituents is 1. The molecule has 0 saturated heterocycles. The van der Waals surface area contributed by atoms with Gasteiger partial charge in [0.1, 0.15) is 17.1 Å². The first-order valence-electron chi connectivity index (χ1n) is 5.85. The molecule has 0 fully saturated rings. The molecule has 0 spiro atoms. The summed E-state index contributed by atoms with van der Waals surface area (Å²) in [6.07, 6.45) is 0. The summed E-state index contributed by atoms with van der Waals surface area (Å²) in [7, 11) is 1.30. The number of carbonyl (C=O) groups is 1. The van der Waals surface area contributed by atoms with Gasteiger partial charge >= 0.3 is 11.7 Å². The predicted octanol–water partition coefficient (Wildman–Crippen LogP) is 3.09. The maximum atomic E-state index is 11.1. The zero-order valence-corrected chi connectivity index (χ0v) is 11.0. The van der Waals surface area contributed by atoms with Gasteiger partial charge in [0.05, 0.1) is 12.0 Å². The highest BCUT2D eigenvalue weighted by atomic mass is 16.6. The summed E-state index contributed by atoms with van der Waals surface area (Å²) in [4.78, 5) is 21.3. The van der Waals surface area contributed by atoms with Crippen molar-refractivity contribution in [3.05, 3.63) is 58.1 Å². The second kappa shape index (κ2) is 5.91. The fourth-order valence-electron chi connectivity index (χ4n) is 1.73. The predicted molar refractivity (Wildman–Crippen MR) is 73.1 cm³/mol. The average molecular weight is 289 g/mol. The number of methoxy groups -OCH3 is 1. The molecular formula is C14H11NO6. The molecule has 0 unspecified atom stereocenters. The number of carboxylic acid groups (broad SMARTS) is 1.